The molecule has 55 heavy (non-hydrogen) atoms. The van der Waals surface area contributed by atoms with Crippen LogP contribution in [0.15, 0.2) is 36.5 Å². The number of hydrogen-bond donors (Lipinski definition) is 1. The highest BCUT2D eigenvalue weighted by Gasteiger charge is 2.16. The summed E-state index contributed by atoms with van der Waals surface area (Å²) in [5, 5.41) is 9.60. The third-order valence-electron chi connectivity index (χ3n) is 10.7. The number of allylic oxidation sites excluding steroid dienone is 6. The van der Waals surface area contributed by atoms with Crippen molar-refractivity contribution < 1.29 is 24.2 Å². The molecule has 0 radical (unpaired) electrons. The van der Waals surface area contributed by atoms with Gasteiger partial charge in [0.2, 0.25) is 0 Å². The second-order valence-electron chi connectivity index (χ2n) is 16.2. The van der Waals surface area contributed by atoms with Crippen molar-refractivity contribution in [2.75, 3.05) is 13.2 Å². The lowest BCUT2D eigenvalue weighted by atomic mass is 10.0. The number of rotatable bonds is 44. The molecule has 1 unspecified atom stereocenters. The summed E-state index contributed by atoms with van der Waals surface area (Å²) in [5.41, 5.74) is 0. The standard InChI is InChI=1S/C50H92O5/c1-3-5-7-9-11-13-15-17-19-20-21-22-23-24-25-26-27-28-29-30-31-33-35-37-39-41-43-45-50(53)55-48(46-51)47-54-49(52)44-42-40-38-36-34-32-18-16-14-12-10-8-6-4-2/h15,17,20-21,23-24,48,51H,3-14,16,18-19,22,25-47H2,1-2H3/b17-15-,21-20-,24-23-. The molecule has 322 valence electrons. The Morgan fingerprint density at radius 1 is 0.418 bits per heavy atom. The zero-order valence-corrected chi connectivity index (χ0v) is 36.7. The number of carbonyl (C=O) groups is 2. The molecule has 0 saturated carbocycles. The van der Waals surface area contributed by atoms with Crippen molar-refractivity contribution >= 4 is 11.9 Å². The van der Waals surface area contributed by atoms with Gasteiger partial charge in [0.25, 0.3) is 0 Å². The zero-order chi connectivity index (χ0) is 40.0. The van der Waals surface area contributed by atoms with Crippen LogP contribution >= 0.6 is 0 Å². The van der Waals surface area contributed by atoms with Gasteiger partial charge < -0.3 is 14.6 Å². The molecule has 0 aliphatic carbocycles. The molecule has 0 amide bonds. The summed E-state index contributed by atoms with van der Waals surface area (Å²) in [6, 6.07) is 0. The molecule has 0 saturated heterocycles. The van der Waals surface area contributed by atoms with Crippen LogP contribution in [0.25, 0.3) is 0 Å². The van der Waals surface area contributed by atoms with Crippen molar-refractivity contribution in [3.05, 3.63) is 36.5 Å². The average molecular weight is 773 g/mol. The molecule has 0 rings (SSSR count). The van der Waals surface area contributed by atoms with Crippen LogP contribution in [0.3, 0.4) is 0 Å². The van der Waals surface area contributed by atoms with Crippen LogP contribution in [0.2, 0.25) is 0 Å². The third kappa shape index (κ3) is 44.7. The molecule has 0 fully saturated rings. The van der Waals surface area contributed by atoms with Crippen LogP contribution in [0, 0.1) is 0 Å². The first kappa shape index (κ1) is 53.1. The van der Waals surface area contributed by atoms with E-state index < -0.39 is 6.10 Å². The van der Waals surface area contributed by atoms with E-state index in [4.69, 9.17) is 9.47 Å². The van der Waals surface area contributed by atoms with Crippen molar-refractivity contribution in [2.24, 2.45) is 0 Å². The number of esters is 2. The second-order valence-corrected chi connectivity index (χ2v) is 16.2. The molecular formula is C50H92O5. The smallest absolute Gasteiger partial charge is 0.306 e. The van der Waals surface area contributed by atoms with Crippen molar-refractivity contribution in [3.8, 4) is 0 Å². The quantitative estimate of drug-likeness (QED) is 0.0379. The van der Waals surface area contributed by atoms with Crippen LogP contribution < -0.4 is 0 Å². The summed E-state index contributed by atoms with van der Waals surface area (Å²) >= 11 is 0. The van der Waals surface area contributed by atoms with E-state index in [2.05, 4.69) is 50.3 Å². The van der Waals surface area contributed by atoms with Gasteiger partial charge in [0.1, 0.15) is 6.61 Å². The molecule has 0 heterocycles. The summed E-state index contributed by atoms with van der Waals surface area (Å²) in [7, 11) is 0. The molecule has 0 aliphatic rings. The van der Waals surface area contributed by atoms with E-state index in [1.807, 2.05) is 0 Å². The highest BCUT2D eigenvalue weighted by atomic mass is 16.6. The van der Waals surface area contributed by atoms with E-state index in [-0.39, 0.29) is 25.2 Å². The first-order valence-corrected chi connectivity index (χ1v) is 24.0. The lowest BCUT2D eigenvalue weighted by molar-refractivity contribution is -0.161. The lowest BCUT2D eigenvalue weighted by Gasteiger charge is -2.15. The van der Waals surface area contributed by atoms with E-state index in [1.54, 1.807) is 0 Å². The highest BCUT2D eigenvalue weighted by Crippen LogP contribution is 2.15. The number of carbonyl (C=O) groups excluding carboxylic acids is 2. The summed E-state index contributed by atoms with van der Waals surface area (Å²) in [5.74, 6) is -0.582. The molecule has 1 atom stereocenters. The van der Waals surface area contributed by atoms with Gasteiger partial charge in [0.15, 0.2) is 6.10 Å². The highest BCUT2D eigenvalue weighted by molar-refractivity contribution is 5.70. The summed E-state index contributed by atoms with van der Waals surface area (Å²) in [6.45, 7) is 4.15. The van der Waals surface area contributed by atoms with Gasteiger partial charge in [0, 0.05) is 12.8 Å². The van der Waals surface area contributed by atoms with Crippen LogP contribution in [0.4, 0.5) is 0 Å². The first-order valence-electron chi connectivity index (χ1n) is 24.0. The molecular weight excluding hydrogens is 681 g/mol. The monoisotopic (exact) mass is 773 g/mol. The Labute approximate surface area is 342 Å². The number of aliphatic hydroxyl groups is 1. The molecule has 5 nitrogen and oxygen atoms in total. The van der Waals surface area contributed by atoms with Gasteiger partial charge in [-0.15, -0.1) is 0 Å². The van der Waals surface area contributed by atoms with Gasteiger partial charge in [-0.1, -0.05) is 224 Å². The van der Waals surface area contributed by atoms with E-state index >= 15 is 0 Å². The number of hydrogen-bond acceptors (Lipinski definition) is 5. The third-order valence-corrected chi connectivity index (χ3v) is 10.7. The maximum Gasteiger partial charge on any atom is 0.306 e. The Kier molecular flexibility index (Phi) is 44.9. The molecule has 0 spiro atoms. The van der Waals surface area contributed by atoms with Gasteiger partial charge in [-0.05, 0) is 51.4 Å². The zero-order valence-electron chi connectivity index (χ0n) is 36.7. The Morgan fingerprint density at radius 3 is 1.09 bits per heavy atom. The van der Waals surface area contributed by atoms with E-state index in [0.717, 1.165) is 51.4 Å². The Morgan fingerprint density at radius 2 is 0.727 bits per heavy atom. The summed E-state index contributed by atoms with van der Waals surface area (Å²) in [6.07, 6.45) is 58.0. The molecule has 0 aliphatic heterocycles. The fraction of sp³-hybridized carbons (Fsp3) is 0.840. The van der Waals surface area contributed by atoms with Crippen LogP contribution in [0.1, 0.15) is 251 Å². The molecule has 0 bridgehead atoms. The van der Waals surface area contributed by atoms with Crippen molar-refractivity contribution in [3.63, 3.8) is 0 Å². The minimum atomic E-state index is -0.769. The fourth-order valence-corrected chi connectivity index (χ4v) is 7.03. The summed E-state index contributed by atoms with van der Waals surface area (Å²) in [4.78, 5) is 24.4. The van der Waals surface area contributed by atoms with Gasteiger partial charge in [-0.3, -0.25) is 9.59 Å². The normalized spacial score (nSPS) is 12.4. The van der Waals surface area contributed by atoms with Crippen molar-refractivity contribution in [1.29, 1.82) is 0 Å². The maximum absolute atomic E-state index is 12.2. The van der Waals surface area contributed by atoms with Gasteiger partial charge in [-0.25, -0.2) is 0 Å². The average Bonchev–Trinajstić information content (AvgIpc) is 3.19. The van der Waals surface area contributed by atoms with E-state index in [0.29, 0.717) is 12.8 Å². The number of unbranched alkanes of at least 4 members (excludes halogenated alkanes) is 30. The Hall–Kier alpha value is -1.88. The topological polar surface area (TPSA) is 72.8 Å². The lowest BCUT2D eigenvalue weighted by Crippen LogP contribution is -2.28. The number of aliphatic hydroxyl groups excluding tert-OH is 1. The van der Waals surface area contributed by atoms with Gasteiger partial charge >= 0.3 is 11.9 Å². The minimum Gasteiger partial charge on any atom is -0.462 e. The summed E-state index contributed by atoms with van der Waals surface area (Å²) < 4.78 is 10.7. The van der Waals surface area contributed by atoms with Crippen molar-refractivity contribution in [1.82, 2.24) is 0 Å². The molecule has 0 aromatic carbocycles. The van der Waals surface area contributed by atoms with Crippen molar-refractivity contribution in [2.45, 2.75) is 258 Å². The fourth-order valence-electron chi connectivity index (χ4n) is 7.03. The van der Waals surface area contributed by atoms with Gasteiger partial charge in [-0.2, -0.15) is 0 Å². The van der Waals surface area contributed by atoms with Crippen LogP contribution in [-0.2, 0) is 19.1 Å². The molecule has 5 heteroatoms. The van der Waals surface area contributed by atoms with Crippen LogP contribution in [0.5, 0.6) is 0 Å². The Bertz CT molecular complexity index is 877. The molecule has 0 aromatic rings. The Balaban J connectivity index is 3.48. The van der Waals surface area contributed by atoms with E-state index in [1.165, 1.54) is 173 Å². The molecule has 1 N–H and O–H groups in total. The largest absolute Gasteiger partial charge is 0.462 e. The van der Waals surface area contributed by atoms with Crippen LogP contribution in [-0.4, -0.2) is 36.4 Å². The minimum absolute atomic E-state index is 0.0625. The van der Waals surface area contributed by atoms with Gasteiger partial charge in [0.05, 0.1) is 6.61 Å². The SMILES string of the molecule is CCCCCCC/C=C\C/C=C\C/C=C\CCCCCCCCCCCCCCC(=O)OC(CO)COC(=O)CCCCCCCCCCCCCCCC. The predicted octanol–water partition coefficient (Wildman–Crippen LogP) is 15.6. The maximum atomic E-state index is 12.2. The second kappa shape index (κ2) is 46.5. The first-order chi connectivity index (χ1) is 27.1. The predicted molar refractivity (Wildman–Crippen MR) is 238 cm³/mol. The number of ether oxygens (including phenoxy) is 2. The molecule has 0 aromatic heterocycles. The van der Waals surface area contributed by atoms with E-state index in [9.17, 15) is 14.7 Å².